The fourth-order valence-electron chi connectivity index (χ4n) is 3.89. The van der Waals surface area contributed by atoms with Crippen LogP contribution in [-0.4, -0.2) is 25.4 Å². The molecule has 1 aliphatic carbocycles. The van der Waals surface area contributed by atoms with Crippen LogP contribution in [0, 0.1) is 5.82 Å². The van der Waals surface area contributed by atoms with E-state index in [9.17, 15) is 13.2 Å². The van der Waals surface area contributed by atoms with Crippen molar-refractivity contribution in [2.75, 3.05) is 5.73 Å². The van der Waals surface area contributed by atoms with Crippen molar-refractivity contribution in [2.24, 2.45) is 0 Å². The highest BCUT2D eigenvalue weighted by Gasteiger charge is 2.42. The van der Waals surface area contributed by atoms with Crippen molar-refractivity contribution in [3.8, 4) is 11.3 Å². The molecule has 28 heavy (non-hydrogen) atoms. The molecule has 0 spiro atoms. The van der Waals surface area contributed by atoms with Crippen LogP contribution in [-0.2, 0) is 0 Å². The molecule has 0 aliphatic heterocycles. The summed E-state index contributed by atoms with van der Waals surface area (Å²) in [4.78, 5) is 12.3. The summed E-state index contributed by atoms with van der Waals surface area (Å²) in [7, 11) is 0. The van der Waals surface area contributed by atoms with E-state index >= 15 is 0 Å². The molecule has 148 valence electrons. The van der Waals surface area contributed by atoms with Gasteiger partial charge in [0.15, 0.2) is 5.82 Å². The summed E-state index contributed by atoms with van der Waals surface area (Å²) in [6.07, 6.45) is 1.23. The second kappa shape index (κ2) is 6.62. The Hall–Kier alpha value is -2.35. The monoisotopic (exact) mass is 409 g/mol. The molecule has 1 saturated carbocycles. The minimum absolute atomic E-state index is 0.0196. The van der Waals surface area contributed by atoms with Gasteiger partial charge < -0.3 is 10.3 Å². The zero-order valence-electron chi connectivity index (χ0n) is 15.4. The highest BCUT2D eigenvalue weighted by atomic mass is 35.5. The average Bonchev–Trinajstić information content (AvgIpc) is 3.17. The summed E-state index contributed by atoms with van der Waals surface area (Å²) < 4.78 is 44.3. The van der Waals surface area contributed by atoms with Gasteiger partial charge in [-0.25, -0.2) is 28.1 Å². The molecule has 0 radical (unpaired) electrons. The Morgan fingerprint density at radius 1 is 1.29 bits per heavy atom. The number of hydrogen-bond donors (Lipinski definition) is 1. The van der Waals surface area contributed by atoms with Gasteiger partial charge in [0.2, 0.25) is 11.9 Å². The molecule has 4 rings (SSSR count). The SMILES string of the molecule is CC(C)n1c(C2CCC(F)(F)C2)nc2c(F)cc(-c3nc(N)ncc3Cl)cc21. The molecule has 2 heterocycles. The van der Waals surface area contributed by atoms with E-state index in [0.29, 0.717) is 29.0 Å². The molecule has 0 saturated heterocycles. The fourth-order valence-corrected chi connectivity index (χ4v) is 4.09. The first kappa shape index (κ1) is 19.0. The van der Waals surface area contributed by atoms with Crippen molar-refractivity contribution in [3.63, 3.8) is 0 Å². The molecular formula is C19H19ClF3N5. The molecule has 1 aromatic carbocycles. The second-order valence-electron chi connectivity index (χ2n) is 7.48. The lowest BCUT2D eigenvalue weighted by Gasteiger charge is -2.17. The first-order valence-electron chi connectivity index (χ1n) is 9.04. The maximum absolute atomic E-state index is 14.9. The molecule has 3 aromatic rings. The lowest BCUT2D eigenvalue weighted by atomic mass is 10.1. The molecule has 1 aliphatic rings. The van der Waals surface area contributed by atoms with Crippen molar-refractivity contribution >= 4 is 28.6 Å². The van der Waals surface area contributed by atoms with Crippen LogP contribution < -0.4 is 5.73 Å². The number of aromatic nitrogens is 4. The van der Waals surface area contributed by atoms with E-state index in [-0.39, 0.29) is 35.4 Å². The van der Waals surface area contributed by atoms with E-state index < -0.39 is 17.7 Å². The molecule has 0 amide bonds. The number of imidazole rings is 1. The summed E-state index contributed by atoms with van der Waals surface area (Å²) in [6.45, 7) is 3.83. The molecule has 5 nitrogen and oxygen atoms in total. The Bertz CT molecular complexity index is 1060. The molecule has 2 aromatic heterocycles. The zero-order chi connectivity index (χ0) is 20.2. The van der Waals surface area contributed by atoms with Gasteiger partial charge in [0.1, 0.15) is 11.3 Å². The lowest BCUT2D eigenvalue weighted by Crippen LogP contribution is -2.13. The van der Waals surface area contributed by atoms with Gasteiger partial charge in [-0.2, -0.15) is 0 Å². The van der Waals surface area contributed by atoms with Crippen LogP contribution in [0.4, 0.5) is 19.1 Å². The highest BCUT2D eigenvalue weighted by molar-refractivity contribution is 6.33. The van der Waals surface area contributed by atoms with Gasteiger partial charge >= 0.3 is 0 Å². The van der Waals surface area contributed by atoms with E-state index in [1.165, 1.54) is 12.3 Å². The molecule has 2 N–H and O–H groups in total. The van der Waals surface area contributed by atoms with E-state index in [1.807, 2.05) is 18.4 Å². The summed E-state index contributed by atoms with van der Waals surface area (Å²) in [5.74, 6) is -3.17. The van der Waals surface area contributed by atoms with Crippen LogP contribution in [0.15, 0.2) is 18.3 Å². The van der Waals surface area contributed by atoms with Gasteiger partial charge in [-0.1, -0.05) is 11.6 Å². The van der Waals surface area contributed by atoms with Gasteiger partial charge in [0.25, 0.3) is 0 Å². The Morgan fingerprint density at radius 3 is 2.68 bits per heavy atom. The Morgan fingerprint density at radius 2 is 2.04 bits per heavy atom. The molecule has 1 fully saturated rings. The minimum atomic E-state index is -2.71. The summed E-state index contributed by atoms with van der Waals surface area (Å²) >= 11 is 6.17. The van der Waals surface area contributed by atoms with Crippen molar-refractivity contribution in [3.05, 3.63) is 35.0 Å². The van der Waals surface area contributed by atoms with Crippen LogP contribution in [0.5, 0.6) is 0 Å². The standard InChI is InChI=1S/C19H19ClF3N5/c1-9(2)28-14-6-11(15-12(20)8-25-18(24)27-15)5-13(21)16(14)26-17(28)10-3-4-19(22,23)7-10/h5-6,8-10H,3-4,7H2,1-2H3,(H2,24,25,27). The van der Waals surface area contributed by atoms with Crippen molar-refractivity contribution in [2.45, 2.75) is 51.0 Å². The molecule has 1 unspecified atom stereocenters. The van der Waals surface area contributed by atoms with Gasteiger partial charge in [-0.05, 0) is 32.4 Å². The van der Waals surface area contributed by atoms with Crippen molar-refractivity contribution in [1.29, 1.82) is 0 Å². The predicted octanol–water partition coefficient (Wildman–Crippen LogP) is 5.35. The number of benzene rings is 1. The number of hydrogen-bond acceptors (Lipinski definition) is 4. The van der Waals surface area contributed by atoms with Crippen LogP contribution in [0.1, 0.15) is 50.9 Å². The topological polar surface area (TPSA) is 69.6 Å². The third-order valence-corrected chi connectivity index (χ3v) is 5.37. The fraction of sp³-hybridized carbons (Fsp3) is 0.421. The molecule has 1 atom stereocenters. The second-order valence-corrected chi connectivity index (χ2v) is 7.89. The number of nitrogen functional groups attached to an aromatic ring is 1. The quantitative estimate of drug-likeness (QED) is 0.632. The number of anilines is 1. The van der Waals surface area contributed by atoms with Gasteiger partial charge in [-0.15, -0.1) is 0 Å². The van der Waals surface area contributed by atoms with Crippen molar-refractivity contribution in [1.82, 2.24) is 19.5 Å². The molecule has 9 heteroatoms. The molecular weight excluding hydrogens is 391 g/mol. The number of rotatable bonds is 3. The van der Waals surface area contributed by atoms with Crippen LogP contribution >= 0.6 is 11.6 Å². The van der Waals surface area contributed by atoms with Crippen LogP contribution in [0.3, 0.4) is 0 Å². The third-order valence-electron chi connectivity index (χ3n) is 5.10. The van der Waals surface area contributed by atoms with Crippen LogP contribution in [0.25, 0.3) is 22.3 Å². The maximum atomic E-state index is 14.9. The van der Waals surface area contributed by atoms with E-state index in [1.54, 1.807) is 6.07 Å². The smallest absolute Gasteiger partial charge is 0.248 e. The number of alkyl halides is 2. The Balaban J connectivity index is 1.92. The third kappa shape index (κ3) is 3.19. The van der Waals surface area contributed by atoms with Gasteiger partial charge in [-0.3, -0.25) is 0 Å². The first-order valence-corrected chi connectivity index (χ1v) is 9.41. The molecule has 0 bridgehead atoms. The van der Waals surface area contributed by atoms with Crippen LogP contribution in [0.2, 0.25) is 5.02 Å². The number of halogens is 4. The largest absolute Gasteiger partial charge is 0.368 e. The van der Waals surface area contributed by atoms with E-state index in [0.717, 1.165) is 0 Å². The first-order chi connectivity index (χ1) is 13.2. The van der Waals surface area contributed by atoms with Gasteiger partial charge in [0, 0.05) is 30.4 Å². The maximum Gasteiger partial charge on any atom is 0.248 e. The number of fused-ring (bicyclic) bond motifs is 1. The van der Waals surface area contributed by atoms with E-state index in [2.05, 4.69) is 15.0 Å². The lowest BCUT2D eigenvalue weighted by molar-refractivity contribution is 0.00744. The summed E-state index contributed by atoms with van der Waals surface area (Å²) in [6, 6.07) is 2.91. The highest BCUT2D eigenvalue weighted by Crippen LogP contribution is 2.45. The summed E-state index contributed by atoms with van der Waals surface area (Å²) in [5.41, 5.74) is 7.04. The number of nitrogens with zero attached hydrogens (tertiary/aromatic N) is 4. The summed E-state index contributed by atoms with van der Waals surface area (Å²) in [5, 5.41) is 0.235. The van der Waals surface area contributed by atoms with Gasteiger partial charge in [0.05, 0.1) is 22.4 Å². The minimum Gasteiger partial charge on any atom is -0.368 e. The predicted molar refractivity (Wildman–Crippen MR) is 102 cm³/mol. The normalized spacial score (nSPS) is 19.0. The Labute approximate surface area is 164 Å². The van der Waals surface area contributed by atoms with Crippen molar-refractivity contribution < 1.29 is 13.2 Å². The van der Waals surface area contributed by atoms with E-state index in [4.69, 9.17) is 17.3 Å². The average molecular weight is 410 g/mol. The zero-order valence-corrected chi connectivity index (χ0v) is 16.1. The number of nitrogens with two attached hydrogens (primary N) is 1. The Kier molecular flexibility index (Phi) is 4.49.